The second-order valence-electron chi connectivity index (χ2n) is 6.76. The molecule has 0 spiro atoms. The van der Waals surface area contributed by atoms with Crippen LogP contribution in [0.3, 0.4) is 0 Å². The van der Waals surface area contributed by atoms with E-state index >= 15 is 0 Å². The minimum atomic E-state index is 0.323. The molecule has 2 nitrogen and oxygen atoms in total. The van der Waals surface area contributed by atoms with E-state index in [4.69, 9.17) is 4.74 Å². The second-order valence-corrected chi connectivity index (χ2v) is 6.76. The van der Waals surface area contributed by atoms with E-state index in [1.807, 2.05) is 6.92 Å². The fourth-order valence-corrected chi connectivity index (χ4v) is 3.24. The molecule has 0 aromatic heterocycles. The van der Waals surface area contributed by atoms with Gasteiger partial charge in [-0.1, -0.05) is 74.2 Å². The van der Waals surface area contributed by atoms with Crippen molar-refractivity contribution in [2.45, 2.75) is 32.9 Å². The van der Waals surface area contributed by atoms with Crippen molar-refractivity contribution in [1.29, 1.82) is 0 Å². The molecule has 0 fully saturated rings. The van der Waals surface area contributed by atoms with E-state index in [2.05, 4.69) is 85.5 Å². The van der Waals surface area contributed by atoms with Gasteiger partial charge in [0.25, 0.3) is 0 Å². The Morgan fingerprint density at radius 1 is 1.00 bits per heavy atom. The molecule has 3 rings (SSSR count). The van der Waals surface area contributed by atoms with E-state index in [9.17, 15) is 0 Å². The summed E-state index contributed by atoms with van der Waals surface area (Å²) >= 11 is 0. The molecule has 0 saturated heterocycles. The summed E-state index contributed by atoms with van der Waals surface area (Å²) in [5, 5.41) is 6.19. The molecule has 0 aliphatic heterocycles. The lowest BCUT2D eigenvalue weighted by atomic mass is 10.0. The standard InChI is InChI=1S/C24H27NO/c1-4-23(20-11-6-5-7-12-20)25-16-22-21-13-9-8-10-19(21)14-15-24(22)26-17-18(2)3/h5-15,23,25H,2,4,16-17H2,1,3H3. The first-order valence-electron chi connectivity index (χ1n) is 9.25. The van der Waals surface area contributed by atoms with E-state index in [1.165, 1.54) is 21.9 Å². The third-order valence-electron chi connectivity index (χ3n) is 4.61. The van der Waals surface area contributed by atoms with E-state index in [0.717, 1.165) is 24.3 Å². The molecular formula is C24H27NO. The lowest BCUT2D eigenvalue weighted by Gasteiger charge is -2.20. The highest BCUT2D eigenvalue weighted by atomic mass is 16.5. The quantitative estimate of drug-likeness (QED) is 0.503. The Morgan fingerprint density at radius 3 is 2.46 bits per heavy atom. The van der Waals surface area contributed by atoms with Crippen molar-refractivity contribution >= 4 is 10.8 Å². The van der Waals surface area contributed by atoms with Crippen LogP contribution in [0, 0.1) is 0 Å². The summed E-state index contributed by atoms with van der Waals surface area (Å²) in [6.07, 6.45) is 1.04. The first-order valence-corrected chi connectivity index (χ1v) is 9.25. The number of hydrogen-bond acceptors (Lipinski definition) is 2. The summed E-state index contributed by atoms with van der Waals surface area (Å²) in [5.74, 6) is 0.933. The van der Waals surface area contributed by atoms with Gasteiger partial charge in [0, 0.05) is 18.2 Å². The average molecular weight is 345 g/mol. The van der Waals surface area contributed by atoms with Gasteiger partial charge in [-0.05, 0) is 41.3 Å². The molecule has 134 valence electrons. The van der Waals surface area contributed by atoms with Crippen molar-refractivity contribution in [2.24, 2.45) is 0 Å². The third kappa shape index (κ3) is 4.33. The molecule has 3 aromatic carbocycles. The summed E-state index contributed by atoms with van der Waals surface area (Å²) < 4.78 is 6.04. The van der Waals surface area contributed by atoms with E-state index < -0.39 is 0 Å². The third-order valence-corrected chi connectivity index (χ3v) is 4.61. The molecule has 3 aromatic rings. The molecule has 1 unspecified atom stereocenters. The molecule has 2 heteroatoms. The highest BCUT2D eigenvalue weighted by Gasteiger charge is 2.13. The van der Waals surface area contributed by atoms with Crippen molar-refractivity contribution < 1.29 is 4.74 Å². The first-order chi connectivity index (χ1) is 12.7. The summed E-state index contributed by atoms with van der Waals surface area (Å²) in [7, 11) is 0. The van der Waals surface area contributed by atoms with Crippen LogP contribution < -0.4 is 10.1 Å². The minimum Gasteiger partial charge on any atom is -0.489 e. The van der Waals surface area contributed by atoms with Crippen LogP contribution in [0.25, 0.3) is 10.8 Å². The predicted molar refractivity (Wildman–Crippen MR) is 111 cm³/mol. The average Bonchev–Trinajstić information content (AvgIpc) is 2.68. The maximum atomic E-state index is 6.04. The largest absolute Gasteiger partial charge is 0.489 e. The molecule has 0 saturated carbocycles. The molecule has 0 radical (unpaired) electrons. The number of ether oxygens (including phenoxy) is 1. The Morgan fingerprint density at radius 2 is 1.73 bits per heavy atom. The monoisotopic (exact) mass is 345 g/mol. The summed E-state index contributed by atoms with van der Waals surface area (Å²) in [6, 6.07) is 23.6. The summed E-state index contributed by atoms with van der Waals surface area (Å²) in [4.78, 5) is 0. The van der Waals surface area contributed by atoms with Crippen molar-refractivity contribution in [3.05, 3.63) is 90.0 Å². The molecule has 0 aliphatic rings. The Bertz CT molecular complexity index is 870. The van der Waals surface area contributed by atoms with Crippen LogP contribution >= 0.6 is 0 Å². The van der Waals surface area contributed by atoms with Gasteiger partial charge in [0.2, 0.25) is 0 Å². The zero-order chi connectivity index (χ0) is 18.4. The Kier molecular flexibility index (Phi) is 6.08. The molecular weight excluding hydrogens is 318 g/mol. The van der Waals surface area contributed by atoms with Crippen LogP contribution in [0.4, 0.5) is 0 Å². The molecule has 1 N–H and O–H groups in total. The Labute approximate surface area is 156 Å². The highest BCUT2D eigenvalue weighted by Crippen LogP contribution is 2.29. The fourth-order valence-electron chi connectivity index (χ4n) is 3.24. The van der Waals surface area contributed by atoms with Crippen LogP contribution in [0.1, 0.15) is 37.4 Å². The van der Waals surface area contributed by atoms with Gasteiger partial charge in [0.15, 0.2) is 0 Å². The van der Waals surface area contributed by atoms with Crippen LogP contribution in [0.5, 0.6) is 5.75 Å². The van der Waals surface area contributed by atoms with Gasteiger partial charge in [0.05, 0.1) is 0 Å². The van der Waals surface area contributed by atoms with Crippen LogP contribution in [0.2, 0.25) is 0 Å². The molecule has 0 heterocycles. The number of hydrogen-bond donors (Lipinski definition) is 1. The number of nitrogens with one attached hydrogen (secondary N) is 1. The molecule has 1 atom stereocenters. The maximum Gasteiger partial charge on any atom is 0.124 e. The van der Waals surface area contributed by atoms with Crippen molar-refractivity contribution in [2.75, 3.05) is 6.61 Å². The van der Waals surface area contributed by atoms with Gasteiger partial charge in [-0.15, -0.1) is 0 Å². The van der Waals surface area contributed by atoms with Crippen LogP contribution in [-0.4, -0.2) is 6.61 Å². The number of benzene rings is 3. The van der Waals surface area contributed by atoms with E-state index in [-0.39, 0.29) is 0 Å². The SMILES string of the molecule is C=C(C)COc1ccc2ccccc2c1CNC(CC)c1ccccc1. The highest BCUT2D eigenvalue weighted by molar-refractivity contribution is 5.87. The van der Waals surface area contributed by atoms with Crippen LogP contribution in [-0.2, 0) is 6.54 Å². The predicted octanol–water partition coefficient (Wildman–Crippen LogP) is 6.04. The number of rotatable bonds is 8. The Hall–Kier alpha value is -2.58. The van der Waals surface area contributed by atoms with E-state index in [1.54, 1.807) is 0 Å². The molecule has 0 amide bonds. The van der Waals surface area contributed by atoms with Crippen molar-refractivity contribution in [3.8, 4) is 5.75 Å². The van der Waals surface area contributed by atoms with Crippen molar-refractivity contribution in [1.82, 2.24) is 5.32 Å². The van der Waals surface area contributed by atoms with Gasteiger partial charge in [0.1, 0.15) is 12.4 Å². The lowest BCUT2D eigenvalue weighted by Crippen LogP contribution is -2.21. The Balaban J connectivity index is 1.89. The van der Waals surface area contributed by atoms with Gasteiger partial charge in [-0.2, -0.15) is 0 Å². The normalized spacial score (nSPS) is 12.1. The zero-order valence-corrected chi connectivity index (χ0v) is 15.7. The van der Waals surface area contributed by atoms with E-state index in [0.29, 0.717) is 12.6 Å². The summed E-state index contributed by atoms with van der Waals surface area (Å²) in [6.45, 7) is 9.46. The molecule has 0 aliphatic carbocycles. The van der Waals surface area contributed by atoms with Gasteiger partial charge in [-0.3, -0.25) is 0 Å². The van der Waals surface area contributed by atoms with Gasteiger partial charge >= 0.3 is 0 Å². The smallest absolute Gasteiger partial charge is 0.124 e. The topological polar surface area (TPSA) is 21.3 Å². The lowest BCUT2D eigenvalue weighted by molar-refractivity contribution is 0.347. The number of fused-ring (bicyclic) bond motifs is 1. The van der Waals surface area contributed by atoms with Crippen molar-refractivity contribution in [3.63, 3.8) is 0 Å². The van der Waals surface area contributed by atoms with Crippen LogP contribution in [0.15, 0.2) is 78.9 Å². The summed E-state index contributed by atoms with van der Waals surface area (Å²) in [5.41, 5.74) is 3.55. The van der Waals surface area contributed by atoms with Gasteiger partial charge < -0.3 is 10.1 Å². The minimum absolute atomic E-state index is 0.323. The second kappa shape index (κ2) is 8.68. The van der Waals surface area contributed by atoms with Gasteiger partial charge in [-0.25, -0.2) is 0 Å². The first kappa shape index (κ1) is 18.2. The fraction of sp³-hybridized carbons (Fsp3) is 0.250. The maximum absolute atomic E-state index is 6.04. The zero-order valence-electron chi connectivity index (χ0n) is 15.7. The molecule has 26 heavy (non-hydrogen) atoms. The molecule has 0 bridgehead atoms.